The van der Waals surface area contributed by atoms with Gasteiger partial charge in [0.05, 0.1) is 4.90 Å². The molecule has 10 nitrogen and oxygen atoms in total. The maximum absolute atomic E-state index is 14.1. The molecule has 1 amide bonds. The average Bonchev–Trinajstić information content (AvgIpc) is 3.64. The lowest BCUT2D eigenvalue weighted by molar-refractivity contribution is -0.192. The number of hydrogen-bond donors (Lipinski definition) is 2. The fourth-order valence-corrected chi connectivity index (χ4v) is 7.30. The summed E-state index contributed by atoms with van der Waals surface area (Å²) in [6.07, 6.45) is -3.75. The van der Waals surface area contributed by atoms with Crippen LogP contribution in [0, 0.1) is 0 Å². The number of likely N-dealkylation sites (tertiary alicyclic amines) is 1. The average molecular weight is 662 g/mol. The Kier molecular flexibility index (Phi) is 10.1. The largest absolute Gasteiger partial charge is 0.490 e. The molecule has 1 aliphatic heterocycles. The highest BCUT2D eigenvalue weighted by atomic mass is 32.2. The SMILES string of the molecule is CN(C)c1ccc(-c2ccc(S(=O)(=O)N(CCN3CCCC3=O)[C@]3(C(=O)O)C[C@H]3c3ccccc3)cc2)cc1.O=C(O)C(F)(F)F. The van der Waals surface area contributed by atoms with Crippen molar-refractivity contribution in [2.75, 3.05) is 38.6 Å². The van der Waals surface area contributed by atoms with Gasteiger partial charge >= 0.3 is 18.1 Å². The molecule has 2 fully saturated rings. The summed E-state index contributed by atoms with van der Waals surface area (Å²) in [6.45, 7) is 0.624. The number of carboxylic acid groups (broad SMARTS) is 2. The molecule has 3 aromatic rings. The van der Waals surface area contributed by atoms with Gasteiger partial charge in [-0.25, -0.2) is 13.2 Å². The lowest BCUT2D eigenvalue weighted by atomic mass is 10.1. The molecule has 0 bridgehead atoms. The zero-order valence-corrected chi connectivity index (χ0v) is 26.0. The van der Waals surface area contributed by atoms with Crippen molar-refractivity contribution >= 4 is 33.6 Å². The van der Waals surface area contributed by atoms with E-state index >= 15 is 0 Å². The van der Waals surface area contributed by atoms with E-state index in [-0.39, 0.29) is 30.3 Å². The monoisotopic (exact) mass is 661 g/mol. The molecule has 2 N–H and O–H groups in total. The quantitative estimate of drug-likeness (QED) is 0.320. The van der Waals surface area contributed by atoms with Crippen LogP contribution in [0.1, 0.15) is 30.7 Å². The Bertz CT molecular complexity index is 1670. The maximum atomic E-state index is 14.1. The Morgan fingerprint density at radius 2 is 1.48 bits per heavy atom. The lowest BCUT2D eigenvalue weighted by Crippen LogP contribution is -2.51. The molecule has 0 aromatic heterocycles. The van der Waals surface area contributed by atoms with Gasteiger partial charge in [-0.2, -0.15) is 17.5 Å². The number of rotatable bonds is 10. The van der Waals surface area contributed by atoms with E-state index in [9.17, 15) is 36.3 Å². The molecule has 0 spiro atoms. The van der Waals surface area contributed by atoms with Crippen LogP contribution in [0.4, 0.5) is 18.9 Å². The van der Waals surface area contributed by atoms with Gasteiger partial charge in [-0.3, -0.25) is 9.59 Å². The summed E-state index contributed by atoms with van der Waals surface area (Å²) in [5.41, 5.74) is 2.04. The first-order valence-electron chi connectivity index (χ1n) is 14.4. The van der Waals surface area contributed by atoms with Gasteiger partial charge in [0.1, 0.15) is 5.54 Å². The van der Waals surface area contributed by atoms with Gasteiger partial charge < -0.3 is 20.0 Å². The fourth-order valence-electron chi connectivity index (χ4n) is 5.53. The van der Waals surface area contributed by atoms with Crippen molar-refractivity contribution < 1.29 is 46.2 Å². The van der Waals surface area contributed by atoms with Crippen LogP contribution in [0.15, 0.2) is 83.8 Å². The zero-order valence-electron chi connectivity index (χ0n) is 25.1. The van der Waals surface area contributed by atoms with Crippen molar-refractivity contribution in [3.8, 4) is 11.1 Å². The van der Waals surface area contributed by atoms with Crippen molar-refractivity contribution in [2.45, 2.75) is 41.8 Å². The molecule has 5 rings (SSSR count). The van der Waals surface area contributed by atoms with Crippen molar-refractivity contribution in [1.29, 1.82) is 0 Å². The molecule has 46 heavy (non-hydrogen) atoms. The number of amides is 1. The van der Waals surface area contributed by atoms with Gasteiger partial charge in [0, 0.05) is 51.8 Å². The van der Waals surface area contributed by atoms with E-state index in [1.807, 2.05) is 73.6 Å². The molecular weight excluding hydrogens is 627 g/mol. The summed E-state index contributed by atoms with van der Waals surface area (Å²) in [5.74, 6) is -4.44. The molecule has 14 heteroatoms. The maximum Gasteiger partial charge on any atom is 0.490 e. The molecule has 1 saturated heterocycles. The molecule has 1 heterocycles. The molecule has 1 saturated carbocycles. The predicted octanol–water partition coefficient (Wildman–Crippen LogP) is 4.68. The van der Waals surface area contributed by atoms with Gasteiger partial charge in [0.2, 0.25) is 15.9 Å². The number of carbonyl (C=O) groups excluding carboxylic acids is 1. The molecule has 3 aromatic carbocycles. The van der Waals surface area contributed by atoms with Crippen molar-refractivity contribution in [2.24, 2.45) is 0 Å². The number of halogens is 3. The van der Waals surface area contributed by atoms with Gasteiger partial charge in [0.25, 0.3) is 0 Å². The zero-order chi connectivity index (χ0) is 33.9. The summed E-state index contributed by atoms with van der Waals surface area (Å²) >= 11 is 0. The molecular formula is C32H34F3N3O7S. The normalized spacial score (nSPS) is 19.4. The molecule has 0 radical (unpaired) electrons. The number of aliphatic carboxylic acids is 2. The Morgan fingerprint density at radius 3 is 1.93 bits per heavy atom. The van der Waals surface area contributed by atoms with Crippen LogP contribution >= 0.6 is 0 Å². The number of hydrogen-bond acceptors (Lipinski definition) is 6. The highest BCUT2D eigenvalue weighted by molar-refractivity contribution is 7.89. The van der Waals surface area contributed by atoms with Crippen LogP contribution in [0.3, 0.4) is 0 Å². The Morgan fingerprint density at radius 1 is 0.935 bits per heavy atom. The van der Waals surface area contributed by atoms with Crippen molar-refractivity contribution in [1.82, 2.24) is 9.21 Å². The minimum absolute atomic E-state index is 0.0308. The van der Waals surface area contributed by atoms with E-state index in [1.165, 1.54) is 12.1 Å². The van der Waals surface area contributed by atoms with Crippen LogP contribution in [-0.2, 0) is 24.4 Å². The minimum atomic E-state index is -5.08. The van der Waals surface area contributed by atoms with E-state index in [4.69, 9.17) is 9.90 Å². The first-order chi connectivity index (χ1) is 21.6. The van der Waals surface area contributed by atoms with E-state index in [2.05, 4.69) is 0 Å². The van der Waals surface area contributed by atoms with Crippen LogP contribution in [-0.4, -0.2) is 91.1 Å². The summed E-state index contributed by atoms with van der Waals surface area (Å²) < 4.78 is 61.1. The Balaban J connectivity index is 0.000000617. The molecule has 2 atom stereocenters. The van der Waals surface area contributed by atoms with E-state index < -0.39 is 39.6 Å². The summed E-state index contributed by atoms with van der Waals surface area (Å²) in [5, 5.41) is 17.5. The number of carboxylic acids is 2. The first kappa shape index (κ1) is 34.4. The van der Waals surface area contributed by atoms with Crippen LogP contribution < -0.4 is 4.90 Å². The number of anilines is 1. The highest BCUT2D eigenvalue weighted by Crippen LogP contribution is 2.57. The second kappa shape index (κ2) is 13.5. The highest BCUT2D eigenvalue weighted by Gasteiger charge is 2.67. The minimum Gasteiger partial charge on any atom is -0.480 e. The van der Waals surface area contributed by atoms with Crippen LogP contribution in [0.25, 0.3) is 11.1 Å². The molecule has 0 unspecified atom stereocenters. The summed E-state index contributed by atoms with van der Waals surface area (Å²) in [7, 11) is -0.272. The number of alkyl halides is 3. The second-order valence-electron chi connectivity index (χ2n) is 11.2. The number of carbonyl (C=O) groups is 3. The van der Waals surface area contributed by atoms with Gasteiger partial charge in [-0.1, -0.05) is 54.6 Å². The third-order valence-electron chi connectivity index (χ3n) is 8.10. The number of benzene rings is 3. The van der Waals surface area contributed by atoms with Gasteiger partial charge in [0.15, 0.2) is 0 Å². The third kappa shape index (κ3) is 7.34. The topological polar surface area (TPSA) is 136 Å². The number of sulfonamides is 1. The van der Waals surface area contributed by atoms with E-state index in [0.717, 1.165) is 33.1 Å². The Labute approximate surface area is 264 Å². The van der Waals surface area contributed by atoms with E-state index in [0.29, 0.717) is 13.0 Å². The predicted molar refractivity (Wildman–Crippen MR) is 164 cm³/mol. The van der Waals surface area contributed by atoms with Gasteiger partial charge in [-0.05, 0) is 53.8 Å². The molecule has 2 aliphatic rings. The Hall–Kier alpha value is -4.43. The van der Waals surface area contributed by atoms with E-state index in [1.54, 1.807) is 17.0 Å². The second-order valence-corrected chi connectivity index (χ2v) is 13.1. The summed E-state index contributed by atoms with van der Waals surface area (Å²) in [6, 6.07) is 23.7. The standard InChI is InChI=1S/C30H33N3O5S.C2HF3O2/c1-31(2)25-14-10-22(11-15-25)23-12-16-26(17-13-23)39(37,38)33(20-19-32-18-6-9-28(32)34)30(29(35)36)21-27(30)24-7-4-3-5-8-24;3-2(4,5)1(6)7/h3-5,7-8,10-17,27H,6,9,18-21H2,1-2H3,(H,35,36);(H,6,7)/t27-,30+;/m0./s1. The van der Waals surface area contributed by atoms with Crippen molar-refractivity contribution in [3.63, 3.8) is 0 Å². The third-order valence-corrected chi connectivity index (χ3v) is 10.1. The smallest absolute Gasteiger partial charge is 0.480 e. The van der Waals surface area contributed by atoms with Crippen molar-refractivity contribution in [3.05, 3.63) is 84.4 Å². The lowest BCUT2D eigenvalue weighted by Gasteiger charge is -2.31. The fraction of sp³-hybridized carbons (Fsp3) is 0.344. The van der Waals surface area contributed by atoms with Crippen LogP contribution in [0.2, 0.25) is 0 Å². The summed E-state index contributed by atoms with van der Waals surface area (Å²) in [4.78, 5) is 37.6. The van der Waals surface area contributed by atoms with Gasteiger partial charge in [-0.15, -0.1) is 0 Å². The number of nitrogens with zero attached hydrogens (tertiary/aromatic N) is 3. The molecule has 1 aliphatic carbocycles. The molecule has 246 valence electrons. The van der Waals surface area contributed by atoms with Crippen LogP contribution in [0.5, 0.6) is 0 Å². The first-order valence-corrected chi connectivity index (χ1v) is 15.8.